The number of carbonyl (C=O) groups is 2. The van der Waals surface area contributed by atoms with Gasteiger partial charge in [0.25, 0.3) is 0 Å². The molecule has 4 rings (SSSR count). The van der Waals surface area contributed by atoms with Gasteiger partial charge >= 0.3 is 5.97 Å². The lowest BCUT2D eigenvalue weighted by molar-refractivity contribution is -0.150. The molecule has 0 spiro atoms. The molecule has 5 nitrogen and oxygen atoms in total. The molecule has 0 radical (unpaired) electrons. The number of Topliss-reactive ketones (excluding diaryl/α,β-unsaturated/α-hetero) is 1. The Morgan fingerprint density at radius 3 is 2.13 bits per heavy atom. The number of ether oxygens (including phenoxy) is 2. The van der Waals surface area contributed by atoms with Crippen LogP contribution in [-0.2, 0) is 19.1 Å². The first kappa shape index (κ1) is 20.9. The molecule has 5 heteroatoms. The topological polar surface area (TPSA) is 78.6 Å². The van der Waals surface area contributed by atoms with E-state index in [4.69, 9.17) is 15.2 Å². The van der Waals surface area contributed by atoms with E-state index < -0.39 is 17.5 Å². The van der Waals surface area contributed by atoms with Crippen molar-refractivity contribution in [1.29, 1.82) is 0 Å². The number of esters is 1. The van der Waals surface area contributed by atoms with Crippen LogP contribution < -0.4 is 5.73 Å². The largest absolute Gasteiger partial charge is 0.456 e. The zero-order valence-electron chi connectivity index (χ0n) is 18.1. The third-order valence-electron chi connectivity index (χ3n) is 5.56. The van der Waals surface area contributed by atoms with E-state index in [1.165, 1.54) is 0 Å². The van der Waals surface area contributed by atoms with E-state index >= 15 is 0 Å². The molecular formula is C26H27NO4. The monoisotopic (exact) mass is 417 g/mol. The number of hydrogen-bond donors (Lipinski definition) is 1. The third-order valence-corrected chi connectivity index (χ3v) is 5.56. The minimum atomic E-state index is -0.699. The smallest absolute Gasteiger partial charge is 0.340 e. The van der Waals surface area contributed by atoms with Gasteiger partial charge < -0.3 is 15.2 Å². The standard InChI is InChI=1S/C26H27NO4/c1-26(2,3)31-25(29)23-21(17-12-8-5-9-13-17)22-19(28)14-18(15-20(22)30-24(23)27)16-10-6-4-7-11-16/h4-13,18,21H,14-15,27H2,1-3H3. The van der Waals surface area contributed by atoms with Crippen molar-refractivity contribution in [1.82, 2.24) is 0 Å². The van der Waals surface area contributed by atoms with Crippen LogP contribution in [0.5, 0.6) is 0 Å². The van der Waals surface area contributed by atoms with Crippen molar-refractivity contribution in [3.05, 3.63) is 94.6 Å². The van der Waals surface area contributed by atoms with Crippen molar-refractivity contribution in [2.45, 2.75) is 51.0 Å². The summed E-state index contributed by atoms with van der Waals surface area (Å²) < 4.78 is 11.5. The highest BCUT2D eigenvalue weighted by Crippen LogP contribution is 2.47. The van der Waals surface area contributed by atoms with Crippen molar-refractivity contribution < 1.29 is 19.1 Å². The molecule has 0 amide bonds. The van der Waals surface area contributed by atoms with Gasteiger partial charge in [0.15, 0.2) is 5.78 Å². The Balaban J connectivity index is 1.78. The van der Waals surface area contributed by atoms with Crippen LogP contribution in [-0.4, -0.2) is 17.4 Å². The molecule has 2 atom stereocenters. The highest BCUT2D eigenvalue weighted by atomic mass is 16.6. The maximum atomic E-state index is 13.4. The number of hydrogen-bond acceptors (Lipinski definition) is 5. The third kappa shape index (κ3) is 4.26. The average molecular weight is 418 g/mol. The van der Waals surface area contributed by atoms with Crippen LogP contribution in [0.25, 0.3) is 0 Å². The summed E-state index contributed by atoms with van der Waals surface area (Å²) in [6.45, 7) is 5.39. The average Bonchev–Trinajstić information content (AvgIpc) is 2.72. The van der Waals surface area contributed by atoms with Crippen molar-refractivity contribution >= 4 is 11.8 Å². The minimum Gasteiger partial charge on any atom is -0.456 e. The first-order chi connectivity index (χ1) is 14.7. The number of carbonyl (C=O) groups excluding carboxylic acids is 2. The number of ketones is 1. The highest BCUT2D eigenvalue weighted by Gasteiger charge is 2.43. The van der Waals surface area contributed by atoms with Gasteiger partial charge in [0.05, 0.1) is 5.92 Å². The second-order valence-electron chi connectivity index (χ2n) is 9.00. The molecule has 160 valence electrons. The Kier molecular flexibility index (Phi) is 5.44. The predicted octanol–water partition coefficient (Wildman–Crippen LogP) is 4.71. The molecule has 31 heavy (non-hydrogen) atoms. The lowest BCUT2D eigenvalue weighted by Gasteiger charge is -2.35. The van der Waals surface area contributed by atoms with Gasteiger partial charge in [-0.25, -0.2) is 4.79 Å². The molecular weight excluding hydrogens is 390 g/mol. The number of nitrogens with two attached hydrogens (primary N) is 1. The summed E-state index contributed by atoms with van der Waals surface area (Å²) in [6.07, 6.45) is 0.910. The van der Waals surface area contributed by atoms with Gasteiger partial charge in [0, 0.05) is 18.4 Å². The van der Waals surface area contributed by atoms with E-state index in [1.807, 2.05) is 60.7 Å². The van der Waals surface area contributed by atoms with E-state index in [-0.39, 0.29) is 23.2 Å². The Bertz CT molecular complexity index is 1060. The van der Waals surface area contributed by atoms with Crippen molar-refractivity contribution in [2.75, 3.05) is 0 Å². The van der Waals surface area contributed by atoms with E-state index in [0.717, 1.165) is 11.1 Å². The summed E-state index contributed by atoms with van der Waals surface area (Å²) in [5, 5.41) is 0. The Morgan fingerprint density at radius 2 is 1.55 bits per heavy atom. The lowest BCUT2D eigenvalue weighted by atomic mass is 9.73. The molecule has 1 aliphatic heterocycles. The molecule has 2 N–H and O–H groups in total. The Morgan fingerprint density at radius 1 is 0.968 bits per heavy atom. The first-order valence-corrected chi connectivity index (χ1v) is 10.5. The Hall–Kier alpha value is -3.34. The van der Waals surface area contributed by atoms with Crippen LogP contribution >= 0.6 is 0 Å². The first-order valence-electron chi connectivity index (χ1n) is 10.5. The van der Waals surface area contributed by atoms with Gasteiger partial charge in [-0.2, -0.15) is 0 Å². The van der Waals surface area contributed by atoms with Gasteiger partial charge in [-0.3, -0.25) is 4.79 Å². The molecule has 1 aliphatic carbocycles. The summed E-state index contributed by atoms with van der Waals surface area (Å²) in [5.41, 5.74) is 8.17. The molecule has 0 fully saturated rings. The van der Waals surface area contributed by atoms with Crippen LogP contribution in [0.4, 0.5) is 0 Å². The number of allylic oxidation sites excluding steroid dienone is 2. The van der Waals surface area contributed by atoms with Crippen LogP contribution in [0.15, 0.2) is 83.5 Å². The SMILES string of the molecule is CC(C)(C)OC(=O)C1=C(N)OC2=C(C(=O)CC(c3ccccc3)C2)C1c1ccccc1. The van der Waals surface area contributed by atoms with E-state index in [9.17, 15) is 9.59 Å². The van der Waals surface area contributed by atoms with Crippen LogP contribution in [0.3, 0.4) is 0 Å². The van der Waals surface area contributed by atoms with Crippen LogP contribution in [0.2, 0.25) is 0 Å². The molecule has 2 unspecified atom stereocenters. The zero-order chi connectivity index (χ0) is 22.2. The minimum absolute atomic E-state index is 0.00312. The fraction of sp³-hybridized carbons (Fsp3) is 0.308. The molecule has 2 aromatic rings. The number of benzene rings is 2. The highest BCUT2D eigenvalue weighted by molar-refractivity contribution is 6.03. The van der Waals surface area contributed by atoms with Crippen molar-refractivity contribution in [2.24, 2.45) is 5.73 Å². The second kappa shape index (κ2) is 8.06. The quantitative estimate of drug-likeness (QED) is 0.732. The van der Waals surface area contributed by atoms with Crippen molar-refractivity contribution in [3.63, 3.8) is 0 Å². The van der Waals surface area contributed by atoms with E-state index in [0.29, 0.717) is 24.2 Å². The molecule has 0 saturated heterocycles. The molecule has 2 aromatic carbocycles. The fourth-order valence-electron chi connectivity index (χ4n) is 4.28. The maximum absolute atomic E-state index is 13.4. The summed E-state index contributed by atoms with van der Waals surface area (Å²) in [4.78, 5) is 26.5. The van der Waals surface area contributed by atoms with Gasteiger partial charge in [-0.1, -0.05) is 60.7 Å². The van der Waals surface area contributed by atoms with E-state index in [2.05, 4.69) is 0 Å². The maximum Gasteiger partial charge on any atom is 0.340 e. The zero-order valence-corrected chi connectivity index (χ0v) is 18.1. The van der Waals surface area contributed by atoms with Gasteiger partial charge in [-0.15, -0.1) is 0 Å². The number of rotatable bonds is 3. The molecule has 0 aromatic heterocycles. The van der Waals surface area contributed by atoms with Gasteiger partial charge in [-0.05, 0) is 37.8 Å². The molecule has 0 bridgehead atoms. The Labute approximate surface area is 182 Å². The fourth-order valence-corrected chi connectivity index (χ4v) is 4.28. The van der Waals surface area contributed by atoms with E-state index in [1.54, 1.807) is 20.8 Å². The van der Waals surface area contributed by atoms with Gasteiger partial charge in [0.2, 0.25) is 5.88 Å². The van der Waals surface area contributed by atoms with Crippen molar-refractivity contribution in [3.8, 4) is 0 Å². The van der Waals surface area contributed by atoms with Crippen LogP contribution in [0, 0.1) is 0 Å². The summed E-state index contributed by atoms with van der Waals surface area (Å²) in [5.74, 6) is -0.642. The molecule has 0 saturated carbocycles. The summed E-state index contributed by atoms with van der Waals surface area (Å²) in [6, 6.07) is 19.4. The normalized spacial score (nSPS) is 21.5. The summed E-state index contributed by atoms with van der Waals surface area (Å²) >= 11 is 0. The van der Waals surface area contributed by atoms with Gasteiger partial charge in [0.1, 0.15) is 16.9 Å². The predicted molar refractivity (Wildman–Crippen MR) is 118 cm³/mol. The molecule has 2 aliphatic rings. The second-order valence-corrected chi connectivity index (χ2v) is 9.00. The lowest BCUT2D eigenvalue weighted by Crippen LogP contribution is -2.35. The van der Waals surface area contributed by atoms with Crippen LogP contribution in [0.1, 0.15) is 56.6 Å². The molecule has 1 heterocycles. The summed E-state index contributed by atoms with van der Waals surface area (Å²) in [7, 11) is 0.